The topological polar surface area (TPSA) is 64.4 Å². The van der Waals surface area contributed by atoms with E-state index in [1.165, 1.54) is 12.8 Å². The van der Waals surface area contributed by atoms with Crippen LogP contribution in [0, 0.1) is 0 Å². The third-order valence-corrected chi connectivity index (χ3v) is 4.39. The lowest BCUT2D eigenvalue weighted by atomic mass is 9.96. The van der Waals surface area contributed by atoms with Crippen LogP contribution in [-0.4, -0.2) is 29.3 Å². The first-order chi connectivity index (χ1) is 9.58. The van der Waals surface area contributed by atoms with Crippen LogP contribution in [0.25, 0.3) is 0 Å². The number of rotatable bonds is 3. The summed E-state index contributed by atoms with van der Waals surface area (Å²) in [7, 11) is 0. The zero-order chi connectivity index (χ0) is 14.2. The average molecular weight is 278 g/mol. The fraction of sp³-hybridized carbons (Fsp3) is 0.733. The summed E-state index contributed by atoms with van der Waals surface area (Å²) in [6.45, 7) is 4.63. The number of nitrogens with zero attached hydrogens (tertiary/aromatic N) is 1. The van der Waals surface area contributed by atoms with Crippen LogP contribution < -0.4 is 5.32 Å². The molecule has 5 heteroatoms. The highest BCUT2D eigenvalue weighted by Gasteiger charge is 2.42. The molecule has 5 nitrogen and oxygen atoms in total. The minimum Gasteiger partial charge on any atom is -0.373 e. The highest BCUT2D eigenvalue weighted by atomic mass is 16.5. The second-order valence-electron chi connectivity index (χ2n) is 6.34. The summed E-state index contributed by atoms with van der Waals surface area (Å²) in [5.74, 6) is 0.815. The van der Waals surface area contributed by atoms with Crippen LogP contribution in [0.5, 0.6) is 0 Å². The summed E-state index contributed by atoms with van der Waals surface area (Å²) in [6, 6.07) is 1.82. The van der Waals surface area contributed by atoms with Crippen LogP contribution in [0.2, 0.25) is 0 Å². The number of hydrogen-bond acceptors (Lipinski definition) is 4. The van der Waals surface area contributed by atoms with Crippen molar-refractivity contribution in [3.8, 4) is 0 Å². The normalized spacial score (nSPS) is 24.6. The van der Waals surface area contributed by atoms with E-state index in [9.17, 15) is 4.79 Å². The van der Waals surface area contributed by atoms with Crippen molar-refractivity contribution in [1.82, 2.24) is 10.5 Å². The first kappa shape index (κ1) is 13.6. The molecule has 20 heavy (non-hydrogen) atoms. The van der Waals surface area contributed by atoms with E-state index in [-0.39, 0.29) is 23.5 Å². The first-order valence-corrected chi connectivity index (χ1v) is 7.49. The molecule has 1 aliphatic heterocycles. The van der Waals surface area contributed by atoms with Gasteiger partial charge in [0.15, 0.2) is 5.69 Å². The van der Waals surface area contributed by atoms with Crippen molar-refractivity contribution in [3.63, 3.8) is 0 Å². The van der Waals surface area contributed by atoms with Gasteiger partial charge in [0.05, 0.1) is 18.2 Å². The molecule has 1 saturated carbocycles. The van der Waals surface area contributed by atoms with Crippen molar-refractivity contribution in [3.05, 3.63) is 17.5 Å². The molecule has 0 radical (unpaired) electrons. The number of hydrogen-bond donors (Lipinski definition) is 1. The van der Waals surface area contributed by atoms with Crippen LogP contribution in [0.4, 0.5) is 0 Å². The largest absolute Gasteiger partial charge is 0.373 e. The number of nitrogens with one attached hydrogen (secondary N) is 1. The zero-order valence-corrected chi connectivity index (χ0v) is 12.1. The van der Waals surface area contributed by atoms with Gasteiger partial charge in [-0.1, -0.05) is 31.8 Å². The maximum Gasteiger partial charge on any atom is 0.273 e. The van der Waals surface area contributed by atoms with Gasteiger partial charge in [0.1, 0.15) is 5.76 Å². The van der Waals surface area contributed by atoms with Gasteiger partial charge in [-0.15, -0.1) is 0 Å². The highest BCUT2D eigenvalue weighted by molar-refractivity contribution is 5.92. The summed E-state index contributed by atoms with van der Waals surface area (Å²) < 4.78 is 11.1. The van der Waals surface area contributed by atoms with Crippen LogP contribution in [-0.2, 0) is 4.74 Å². The lowest BCUT2D eigenvalue weighted by Gasteiger charge is -2.21. The Morgan fingerprint density at radius 3 is 2.85 bits per heavy atom. The predicted octanol–water partition coefficient (Wildman–Crippen LogP) is 2.63. The Morgan fingerprint density at radius 2 is 2.20 bits per heavy atom. The molecule has 1 saturated heterocycles. The first-order valence-electron chi connectivity index (χ1n) is 7.49. The van der Waals surface area contributed by atoms with E-state index in [0.717, 1.165) is 25.0 Å². The molecule has 1 aromatic rings. The number of amides is 1. The van der Waals surface area contributed by atoms with E-state index in [1.54, 1.807) is 6.07 Å². The van der Waals surface area contributed by atoms with Gasteiger partial charge in [-0.2, -0.15) is 0 Å². The summed E-state index contributed by atoms with van der Waals surface area (Å²) in [6.07, 6.45) is 5.65. The van der Waals surface area contributed by atoms with Crippen molar-refractivity contribution >= 4 is 5.91 Å². The number of carbonyl (C=O) groups excluding carboxylic acids is 1. The number of aromatic nitrogens is 1. The lowest BCUT2D eigenvalue weighted by molar-refractivity contribution is 0.00987. The van der Waals surface area contributed by atoms with Crippen LogP contribution in [0.15, 0.2) is 10.6 Å². The standard InChI is InChI=1S/C15H22N2O3/c1-10(2)13-7-12(17-20-13)14(18)16-11-8-15(19-9-11)5-3-4-6-15/h7,10-11H,3-6,8-9H2,1-2H3,(H,16,18). The molecule has 2 fully saturated rings. The van der Waals surface area contributed by atoms with E-state index >= 15 is 0 Å². The second-order valence-corrected chi connectivity index (χ2v) is 6.34. The SMILES string of the molecule is CC(C)c1cc(C(=O)NC2COC3(CCCC3)C2)no1. The van der Waals surface area contributed by atoms with Crippen molar-refractivity contribution in [1.29, 1.82) is 0 Å². The molecule has 1 amide bonds. The summed E-state index contributed by atoms with van der Waals surface area (Å²) >= 11 is 0. The van der Waals surface area contributed by atoms with Gasteiger partial charge in [-0.3, -0.25) is 4.79 Å². The monoisotopic (exact) mass is 278 g/mol. The Labute approximate surface area is 119 Å². The quantitative estimate of drug-likeness (QED) is 0.923. The minimum atomic E-state index is -0.163. The third kappa shape index (κ3) is 2.59. The van der Waals surface area contributed by atoms with Gasteiger partial charge in [0, 0.05) is 12.0 Å². The van der Waals surface area contributed by atoms with Crippen molar-refractivity contribution in [2.75, 3.05) is 6.61 Å². The van der Waals surface area contributed by atoms with Crippen LogP contribution in [0.3, 0.4) is 0 Å². The number of ether oxygens (including phenoxy) is 1. The Morgan fingerprint density at radius 1 is 1.45 bits per heavy atom. The van der Waals surface area contributed by atoms with Gasteiger partial charge in [-0.25, -0.2) is 0 Å². The molecule has 1 spiro atoms. The summed E-state index contributed by atoms with van der Waals surface area (Å²) in [5.41, 5.74) is 0.395. The predicted molar refractivity (Wildman–Crippen MR) is 73.6 cm³/mol. The van der Waals surface area contributed by atoms with Gasteiger partial charge in [0.25, 0.3) is 5.91 Å². The average Bonchev–Trinajstić information content (AvgIpc) is 3.13. The van der Waals surface area contributed by atoms with Crippen LogP contribution >= 0.6 is 0 Å². The van der Waals surface area contributed by atoms with E-state index in [1.807, 2.05) is 13.8 Å². The Kier molecular flexibility index (Phi) is 3.54. The molecule has 1 N–H and O–H groups in total. The van der Waals surface area contributed by atoms with Gasteiger partial charge in [-0.05, 0) is 19.3 Å². The van der Waals surface area contributed by atoms with Gasteiger partial charge in [0.2, 0.25) is 0 Å². The fourth-order valence-electron chi connectivity index (χ4n) is 3.23. The van der Waals surface area contributed by atoms with E-state index in [2.05, 4.69) is 10.5 Å². The zero-order valence-electron chi connectivity index (χ0n) is 12.1. The fourth-order valence-corrected chi connectivity index (χ4v) is 3.23. The Bertz CT molecular complexity index is 489. The second kappa shape index (κ2) is 5.20. The summed E-state index contributed by atoms with van der Waals surface area (Å²) in [5, 5.41) is 6.85. The van der Waals surface area contributed by atoms with Crippen molar-refractivity contribution in [2.24, 2.45) is 0 Å². The molecule has 1 aromatic heterocycles. The molecule has 0 aromatic carbocycles. The highest BCUT2D eigenvalue weighted by Crippen LogP contribution is 2.40. The molecule has 1 aliphatic carbocycles. The van der Waals surface area contributed by atoms with Crippen LogP contribution in [0.1, 0.15) is 68.1 Å². The summed E-state index contributed by atoms with van der Waals surface area (Å²) in [4.78, 5) is 12.2. The molecule has 2 heterocycles. The maximum absolute atomic E-state index is 12.2. The third-order valence-electron chi connectivity index (χ3n) is 4.39. The number of carbonyl (C=O) groups is 1. The molecule has 110 valence electrons. The van der Waals surface area contributed by atoms with Crippen molar-refractivity contribution < 1.29 is 14.1 Å². The van der Waals surface area contributed by atoms with E-state index in [0.29, 0.717) is 12.3 Å². The molecule has 2 aliphatic rings. The van der Waals surface area contributed by atoms with Crippen molar-refractivity contribution in [2.45, 2.75) is 63.5 Å². The molecular weight excluding hydrogens is 256 g/mol. The molecule has 1 unspecified atom stereocenters. The smallest absolute Gasteiger partial charge is 0.273 e. The van der Waals surface area contributed by atoms with Gasteiger partial charge < -0.3 is 14.6 Å². The maximum atomic E-state index is 12.2. The van der Waals surface area contributed by atoms with Gasteiger partial charge >= 0.3 is 0 Å². The lowest BCUT2D eigenvalue weighted by Crippen LogP contribution is -2.36. The molecule has 0 bridgehead atoms. The molecule has 1 atom stereocenters. The van der Waals surface area contributed by atoms with E-state index in [4.69, 9.17) is 9.26 Å². The Balaban J connectivity index is 1.59. The minimum absolute atomic E-state index is 0.0326. The van der Waals surface area contributed by atoms with E-state index < -0.39 is 0 Å². The molecule has 3 rings (SSSR count). The Hall–Kier alpha value is -1.36. The molecular formula is C15H22N2O3.